The van der Waals surface area contributed by atoms with Crippen LogP contribution in [0.1, 0.15) is 35.9 Å². The molecule has 0 saturated carbocycles. The summed E-state index contributed by atoms with van der Waals surface area (Å²) in [6, 6.07) is 11.5. The van der Waals surface area contributed by atoms with E-state index in [1.54, 1.807) is 48.4 Å². The van der Waals surface area contributed by atoms with Crippen LogP contribution in [0.25, 0.3) is 27.7 Å². The minimum atomic E-state index is -0.423. The Bertz CT molecular complexity index is 1710. The molecule has 0 unspecified atom stereocenters. The summed E-state index contributed by atoms with van der Waals surface area (Å²) in [5.41, 5.74) is 5.71. The number of carbonyl (C=O) groups is 2. The Hall–Kier alpha value is -4.77. The highest BCUT2D eigenvalue weighted by Gasteiger charge is 2.23. The predicted octanol–water partition coefficient (Wildman–Crippen LogP) is 3.72. The van der Waals surface area contributed by atoms with E-state index in [0.717, 1.165) is 41.5 Å². The van der Waals surface area contributed by atoms with Gasteiger partial charge in [-0.2, -0.15) is 0 Å². The van der Waals surface area contributed by atoms with Crippen LogP contribution in [0.5, 0.6) is 0 Å². The summed E-state index contributed by atoms with van der Waals surface area (Å²) in [5, 5.41) is 14.0. The van der Waals surface area contributed by atoms with E-state index >= 15 is 0 Å². The number of amides is 2. The summed E-state index contributed by atoms with van der Waals surface area (Å²) in [6.45, 7) is 5.17. The van der Waals surface area contributed by atoms with Gasteiger partial charge in [-0.05, 0) is 63.6 Å². The smallest absolute Gasteiger partial charge is 0.278 e. The summed E-state index contributed by atoms with van der Waals surface area (Å²) >= 11 is 0. The Kier molecular flexibility index (Phi) is 6.41. The van der Waals surface area contributed by atoms with Gasteiger partial charge in [0.2, 0.25) is 5.91 Å². The Morgan fingerprint density at radius 2 is 1.92 bits per heavy atom. The third-order valence-electron chi connectivity index (χ3n) is 7.07. The summed E-state index contributed by atoms with van der Waals surface area (Å²) in [4.78, 5) is 41.1. The molecular weight excluding hydrogens is 494 g/mol. The molecule has 0 bridgehead atoms. The molecule has 2 N–H and O–H groups in total. The molecule has 1 fully saturated rings. The number of aryl methyl sites for hydroxylation is 1. The van der Waals surface area contributed by atoms with Crippen LogP contribution < -0.4 is 10.6 Å². The van der Waals surface area contributed by atoms with E-state index in [1.165, 1.54) is 0 Å². The van der Waals surface area contributed by atoms with Crippen LogP contribution in [0.15, 0.2) is 61.2 Å². The highest BCUT2D eigenvalue weighted by Crippen LogP contribution is 2.24. The molecule has 1 aliphatic rings. The maximum Gasteiger partial charge on any atom is 0.278 e. The summed E-state index contributed by atoms with van der Waals surface area (Å²) in [5.74, 6) is -0.530. The molecule has 0 aromatic carbocycles. The molecule has 6 heterocycles. The largest absolute Gasteiger partial charge is 0.324 e. The number of rotatable bonds is 6. The molecule has 5 aromatic rings. The number of likely N-dealkylation sites (tertiary alicyclic amines) is 1. The monoisotopic (exact) mass is 521 g/mol. The van der Waals surface area contributed by atoms with Crippen molar-refractivity contribution in [2.24, 2.45) is 0 Å². The minimum Gasteiger partial charge on any atom is -0.324 e. The second-order valence-electron chi connectivity index (χ2n) is 9.77. The molecule has 196 valence electrons. The molecular formula is C28H27N9O2. The van der Waals surface area contributed by atoms with Crippen molar-refractivity contribution in [3.05, 3.63) is 72.6 Å². The van der Waals surface area contributed by atoms with Gasteiger partial charge in [-0.3, -0.25) is 29.4 Å². The second kappa shape index (κ2) is 10.2. The first-order chi connectivity index (χ1) is 18.9. The molecule has 0 spiro atoms. The van der Waals surface area contributed by atoms with E-state index in [4.69, 9.17) is 0 Å². The molecule has 1 saturated heterocycles. The zero-order chi connectivity index (χ0) is 26.9. The van der Waals surface area contributed by atoms with Gasteiger partial charge >= 0.3 is 0 Å². The van der Waals surface area contributed by atoms with E-state index in [0.29, 0.717) is 35.2 Å². The van der Waals surface area contributed by atoms with E-state index in [9.17, 15) is 9.59 Å². The first kappa shape index (κ1) is 24.6. The molecule has 5 aromatic heterocycles. The van der Waals surface area contributed by atoms with Crippen LogP contribution >= 0.6 is 0 Å². The maximum atomic E-state index is 13.2. The van der Waals surface area contributed by atoms with Crippen LogP contribution in [-0.4, -0.2) is 65.6 Å². The Morgan fingerprint density at radius 3 is 2.77 bits per heavy atom. The average Bonchev–Trinajstić information content (AvgIpc) is 3.55. The molecule has 11 heteroatoms. The molecule has 0 aliphatic carbocycles. The number of anilines is 2. The van der Waals surface area contributed by atoms with Gasteiger partial charge in [-0.15, -0.1) is 5.10 Å². The molecule has 2 amide bonds. The van der Waals surface area contributed by atoms with Crippen molar-refractivity contribution in [2.75, 3.05) is 23.7 Å². The van der Waals surface area contributed by atoms with Gasteiger partial charge in [-0.1, -0.05) is 11.3 Å². The maximum absolute atomic E-state index is 13.2. The number of fused-ring (bicyclic) bond motifs is 2. The SMILES string of the molecule is Cc1ncc(NC(=O)CN2CCC[C@@H]2C)cc1NC(=O)c1nnn2cc(-c3cnc4cccnc4c3)ccc12. The van der Waals surface area contributed by atoms with E-state index in [1.807, 2.05) is 24.3 Å². The average molecular weight is 522 g/mol. The molecule has 6 rings (SSSR count). The fraction of sp³-hybridized carbons (Fsp3) is 0.250. The van der Waals surface area contributed by atoms with E-state index in [2.05, 4.69) is 47.7 Å². The van der Waals surface area contributed by atoms with Crippen LogP contribution in [0.3, 0.4) is 0 Å². The summed E-state index contributed by atoms with van der Waals surface area (Å²) in [7, 11) is 0. The third kappa shape index (κ3) is 5.04. The third-order valence-corrected chi connectivity index (χ3v) is 7.07. The van der Waals surface area contributed by atoms with Crippen LogP contribution in [-0.2, 0) is 4.79 Å². The van der Waals surface area contributed by atoms with Gasteiger partial charge in [0.1, 0.15) is 0 Å². The van der Waals surface area contributed by atoms with E-state index in [-0.39, 0.29) is 11.6 Å². The van der Waals surface area contributed by atoms with Crippen molar-refractivity contribution in [3.8, 4) is 11.1 Å². The number of carbonyl (C=O) groups excluding carboxylic acids is 2. The molecule has 39 heavy (non-hydrogen) atoms. The summed E-state index contributed by atoms with van der Waals surface area (Å²) in [6.07, 6.45) is 9.11. The Morgan fingerprint density at radius 1 is 1.03 bits per heavy atom. The standard InChI is InChI=1S/C28H27N9O2/c1-17-5-4-10-36(17)16-26(38)32-21-12-23(18(2)30-14-21)33-28(39)27-25-8-7-19(15-37(25)35-34-27)20-11-24-22(31-13-20)6-3-9-29-24/h3,6-9,11-15,17H,4-5,10,16H2,1-2H3,(H,32,38)(H,33,39)/t17-/m0/s1. The van der Waals surface area contributed by atoms with Gasteiger partial charge in [-0.25, -0.2) is 4.52 Å². The van der Waals surface area contributed by atoms with Crippen LogP contribution in [0.4, 0.5) is 11.4 Å². The van der Waals surface area contributed by atoms with Gasteiger partial charge in [0.25, 0.3) is 5.91 Å². The minimum absolute atomic E-state index is 0.107. The Labute approximate surface area is 224 Å². The first-order valence-corrected chi connectivity index (χ1v) is 12.8. The lowest BCUT2D eigenvalue weighted by molar-refractivity contribution is -0.117. The number of aromatic nitrogens is 6. The van der Waals surface area contributed by atoms with Crippen molar-refractivity contribution in [2.45, 2.75) is 32.7 Å². The molecule has 1 atom stereocenters. The van der Waals surface area contributed by atoms with Crippen molar-refractivity contribution in [3.63, 3.8) is 0 Å². The number of nitrogens with one attached hydrogen (secondary N) is 2. The van der Waals surface area contributed by atoms with Crippen molar-refractivity contribution < 1.29 is 9.59 Å². The lowest BCUT2D eigenvalue weighted by Gasteiger charge is -2.20. The zero-order valence-electron chi connectivity index (χ0n) is 21.6. The van der Waals surface area contributed by atoms with Crippen molar-refractivity contribution in [1.82, 2.24) is 34.7 Å². The number of hydrogen-bond acceptors (Lipinski definition) is 8. The first-order valence-electron chi connectivity index (χ1n) is 12.8. The van der Waals surface area contributed by atoms with Crippen LogP contribution in [0.2, 0.25) is 0 Å². The van der Waals surface area contributed by atoms with Crippen LogP contribution in [0, 0.1) is 6.92 Å². The van der Waals surface area contributed by atoms with Gasteiger partial charge in [0.05, 0.1) is 46.4 Å². The molecule has 11 nitrogen and oxygen atoms in total. The number of nitrogens with zero attached hydrogens (tertiary/aromatic N) is 7. The second-order valence-corrected chi connectivity index (χ2v) is 9.77. The molecule has 0 radical (unpaired) electrons. The fourth-order valence-corrected chi connectivity index (χ4v) is 4.86. The van der Waals surface area contributed by atoms with Crippen molar-refractivity contribution in [1.29, 1.82) is 0 Å². The topological polar surface area (TPSA) is 130 Å². The van der Waals surface area contributed by atoms with Gasteiger partial charge in [0, 0.05) is 35.8 Å². The highest BCUT2D eigenvalue weighted by molar-refractivity contribution is 6.08. The van der Waals surface area contributed by atoms with Gasteiger partial charge < -0.3 is 10.6 Å². The predicted molar refractivity (Wildman–Crippen MR) is 147 cm³/mol. The van der Waals surface area contributed by atoms with Gasteiger partial charge in [0.15, 0.2) is 5.69 Å². The molecule has 1 aliphatic heterocycles. The zero-order valence-corrected chi connectivity index (χ0v) is 21.6. The highest BCUT2D eigenvalue weighted by atomic mass is 16.2. The van der Waals surface area contributed by atoms with E-state index < -0.39 is 5.91 Å². The normalized spacial score (nSPS) is 15.6. The fourth-order valence-electron chi connectivity index (χ4n) is 4.86. The Balaban J connectivity index is 1.19. The number of pyridine rings is 4. The quantitative estimate of drug-likeness (QED) is 0.346. The number of hydrogen-bond donors (Lipinski definition) is 2. The lowest BCUT2D eigenvalue weighted by atomic mass is 10.1. The lowest BCUT2D eigenvalue weighted by Crippen LogP contribution is -2.35. The van der Waals surface area contributed by atoms with Crippen molar-refractivity contribution >= 4 is 39.7 Å². The summed E-state index contributed by atoms with van der Waals surface area (Å²) < 4.78 is 1.56.